The number of carbonyl (C=O) groups is 1. The summed E-state index contributed by atoms with van der Waals surface area (Å²) in [7, 11) is 1.55. The number of nitrogens with one attached hydrogen (secondary N) is 1. The van der Waals surface area contributed by atoms with Crippen LogP contribution >= 0.6 is 23.1 Å². The molecule has 1 N–H and O–H groups in total. The molecule has 0 aliphatic rings. The molecule has 132 valence electrons. The molecule has 0 bridgehead atoms. The Labute approximate surface area is 158 Å². The van der Waals surface area contributed by atoms with Crippen LogP contribution in [-0.2, 0) is 0 Å². The third-order valence-corrected chi connectivity index (χ3v) is 5.46. The number of non-ortho nitro benzene ring substituents is 1. The summed E-state index contributed by atoms with van der Waals surface area (Å²) in [5.74, 6) is 0.348. The molecule has 2 aromatic carbocycles. The van der Waals surface area contributed by atoms with E-state index in [1.54, 1.807) is 36.8 Å². The first-order chi connectivity index (χ1) is 12.6. The summed E-state index contributed by atoms with van der Waals surface area (Å²) in [6, 6.07) is 13.4. The van der Waals surface area contributed by atoms with Gasteiger partial charge in [-0.25, -0.2) is 0 Å². The summed E-state index contributed by atoms with van der Waals surface area (Å²) < 4.78 is 5.25. The predicted octanol–water partition coefficient (Wildman–Crippen LogP) is 5.07. The molecular weight excluding hydrogens is 372 g/mol. The van der Waals surface area contributed by atoms with Crippen LogP contribution < -0.4 is 10.1 Å². The molecule has 3 rings (SSSR count). The number of anilines is 1. The zero-order valence-electron chi connectivity index (χ0n) is 13.7. The van der Waals surface area contributed by atoms with Crippen LogP contribution in [0.1, 0.15) is 10.4 Å². The molecule has 8 heteroatoms. The predicted molar refractivity (Wildman–Crippen MR) is 102 cm³/mol. The molecule has 0 saturated carbocycles. The minimum atomic E-state index is -0.439. The fourth-order valence-electron chi connectivity index (χ4n) is 2.23. The first-order valence-corrected chi connectivity index (χ1v) is 9.27. The highest BCUT2D eigenvalue weighted by molar-refractivity contribution is 7.99. The molecule has 0 unspecified atom stereocenters. The molecule has 1 amide bonds. The van der Waals surface area contributed by atoms with Gasteiger partial charge in [-0.3, -0.25) is 14.9 Å². The SMILES string of the molecule is COc1ccccc1NC(=O)c1cscc1Sc1ccc([N+](=O)[O-])cc1. The van der Waals surface area contributed by atoms with Crippen molar-refractivity contribution in [3.05, 3.63) is 75.0 Å². The van der Waals surface area contributed by atoms with Gasteiger partial charge >= 0.3 is 0 Å². The van der Waals surface area contributed by atoms with Crippen molar-refractivity contribution < 1.29 is 14.5 Å². The van der Waals surface area contributed by atoms with Gasteiger partial charge in [0.15, 0.2) is 0 Å². The van der Waals surface area contributed by atoms with Gasteiger partial charge in [0.25, 0.3) is 11.6 Å². The number of nitro benzene ring substituents is 1. The normalized spacial score (nSPS) is 10.3. The quantitative estimate of drug-likeness (QED) is 0.472. The van der Waals surface area contributed by atoms with Crippen molar-refractivity contribution in [2.45, 2.75) is 9.79 Å². The molecule has 0 aliphatic carbocycles. The maximum absolute atomic E-state index is 12.6. The molecule has 0 spiro atoms. The van der Waals surface area contributed by atoms with Crippen LogP contribution in [0.15, 0.2) is 69.1 Å². The average molecular weight is 386 g/mol. The van der Waals surface area contributed by atoms with Gasteiger partial charge in [-0.15, -0.1) is 0 Å². The van der Waals surface area contributed by atoms with Gasteiger partial charge in [-0.2, -0.15) is 11.3 Å². The number of ether oxygens (including phenoxy) is 1. The highest BCUT2D eigenvalue weighted by Crippen LogP contribution is 2.34. The Hall–Kier alpha value is -2.84. The number of hydrogen-bond acceptors (Lipinski definition) is 6. The van der Waals surface area contributed by atoms with Crippen molar-refractivity contribution in [3.8, 4) is 5.75 Å². The number of amides is 1. The van der Waals surface area contributed by atoms with Crippen LogP contribution in [0.25, 0.3) is 0 Å². The van der Waals surface area contributed by atoms with Crippen LogP contribution in [0.3, 0.4) is 0 Å². The van der Waals surface area contributed by atoms with E-state index in [4.69, 9.17) is 4.74 Å². The molecule has 0 radical (unpaired) electrons. The van der Waals surface area contributed by atoms with Crippen molar-refractivity contribution in [1.29, 1.82) is 0 Å². The Morgan fingerprint density at radius 3 is 2.58 bits per heavy atom. The molecule has 0 aliphatic heterocycles. The number of rotatable bonds is 6. The number of hydrogen-bond donors (Lipinski definition) is 1. The van der Waals surface area contributed by atoms with Gasteiger partial charge in [0.1, 0.15) is 5.75 Å². The maximum atomic E-state index is 12.6. The van der Waals surface area contributed by atoms with E-state index in [2.05, 4.69) is 5.32 Å². The lowest BCUT2D eigenvalue weighted by molar-refractivity contribution is -0.384. The zero-order valence-corrected chi connectivity index (χ0v) is 15.3. The topological polar surface area (TPSA) is 81.5 Å². The van der Waals surface area contributed by atoms with Crippen molar-refractivity contribution in [1.82, 2.24) is 0 Å². The van der Waals surface area contributed by atoms with E-state index in [1.165, 1.54) is 35.2 Å². The highest BCUT2D eigenvalue weighted by atomic mass is 32.2. The lowest BCUT2D eigenvalue weighted by Gasteiger charge is -2.10. The van der Waals surface area contributed by atoms with E-state index >= 15 is 0 Å². The Balaban J connectivity index is 1.77. The Morgan fingerprint density at radius 2 is 1.88 bits per heavy atom. The van der Waals surface area contributed by atoms with Crippen LogP contribution in [0, 0.1) is 10.1 Å². The van der Waals surface area contributed by atoms with Gasteiger partial charge in [0.05, 0.1) is 23.3 Å². The van der Waals surface area contributed by atoms with E-state index in [-0.39, 0.29) is 11.6 Å². The largest absolute Gasteiger partial charge is 0.495 e. The van der Waals surface area contributed by atoms with Crippen LogP contribution in [0.4, 0.5) is 11.4 Å². The molecular formula is C18H14N2O4S2. The summed E-state index contributed by atoms with van der Waals surface area (Å²) in [6.45, 7) is 0. The van der Waals surface area contributed by atoms with Crippen LogP contribution in [0.5, 0.6) is 5.75 Å². The number of methoxy groups -OCH3 is 1. The van der Waals surface area contributed by atoms with Gasteiger partial charge in [-0.05, 0) is 24.3 Å². The Morgan fingerprint density at radius 1 is 1.15 bits per heavy atom. The molecule has 0 atom stereocenters. The van der Waals surface area contributed by atoms with Crippen LogP contribution in [0.2, 0.25) is 0 Å². The second-order valence-electron chi connectivity index (χ2n) is 5.16. The molecule has 1 heterocycles. The number of thiophene rings is 1. The molecule has 3 aromatic rings. The second-order valence-corrected chi connectivity index (χ2v) is 7.02. The average Bonchev–Trinajstić information content (AvgIpc) is 3.11. The first kappa shape index (κ1) is 18.0. The molecule has 0 fully saturated rings. The van der Waals surface area contributed by atoms with E-state index in [9.17, 15) is 14.9 Å². The Kier molecular flexibility index (Phi) is 5.55. The summed E-state index contributed by atoms with van der Waals surface area (Å²) in [4.78, 5) is 24.5. The summed E-state index contributed by atoms with van der Waals surface area (Å²) in [5, 5.41) is 17.2. The van der Waals surface area contributed by atoms with E-state index in [0.29, 0.717) is 17.0 Å². The van der Waals surface area contributed by atoms with E-state index in [0.717, 1.165) is 9.79 Å². The highest BCUT2D eigenvalue weighted by Gasteiger charge is 2.16. The standard InChI is InChI=1S/C18H14N2O4S2/c1-24-16-5-3-2-4-15(16)19-18(21)14-10-25-11-17(14)26-13-8-6-12(7-9-13)20(22)23/h2-11H,1H3,(H,19,21). The van der Waals surface area contributed by atoms with E-state index in [1.807, 2.05) is 17.5 Å². The third-order valence-electron chi connectivity index (χ3n) is 3.50. The van der Waals surface area contributed by atoms with Gasteiger partial charge in [-0.1, -0.05) is 23.9 Å². The Bertz CT molecular complexity index is 938. The minimum Gasteiger partial charge on any atom is -0.495 e. The van der Waals surface area contributed by atoms with Crippen molar-refractivity contribution >= 4 is 40.4 Å². The second kappa shape index (κ2) is 8.03. The minimum absolute atomic E-state index is 0.0359. The molecule has 1 aromatic heterocycles. The summed E-state index contributed by atoms with van der Waals surface area (Å²) in [6.07, 6.45) is 0. The van der Waals surface area contributed by atoms with E-state index < -0.39 is 4.92 Å². The number of benzene rings is 2. The smallest absolute Gasteiger partial charge is 0.269 e. The monoisotopic (exact) mass is 386 g/mol. The maximum Gasteiger partial charge on any atom is 0.269 e. The van der Waals surface area contributed by atoms with Crippen molar-refractivity contribution in [2.24, 2.45) is 0 Å². The third kappa shape index (κ3) is 4.04. The summed E-state index contributed by atoms with van der Waals surface area (Å²) >= 11 is 2.81. The molecule has 6 nitrogen and oxygen atoms in total. The van der Waals surface area contributed by atoms with Crippen molar-refractivity contribution in [2.75, 3.05) is 12.4 Å². The first-order valence-electron chi connectivity index (χ1n) is 7.51. The lowest BCUT2D eigenvalue weighted by Crippen LogP contribution is -2.12. The molecule has 26 heavy (non-hydrogen) atoms. The number of carbonyl (C=O) groups excluding carboxylic acids is 1. The fraction of sp³-hybridized carbons (Fsp3) is 0.0556. The van der Waals surface area contributed by atoms with Crippen molar-refractivity contribution in [3.63, 3.8) is 0 Å². The zero-order chi connectivity index (χ0) is 18.5. The van der Waals surface area contributed by atoms with Gasteiger partial charge in [0, 0.05) is 32.7 Å². The van der Waals surface area contributed by atoms with Gasteiger partial charge < -0.3 is 10.1 Å². The van der Waals surface area contributed by atoms with Crippen LogP contribution in [-0.4, -0.2) is 17.9 Å². The number of para-hydroxylation sites is 2. The summed E-state index contributed by atoms with van der Waals surface area (Å²) in [5.41, 5.74) is 1.18. The van der Waals surface area contributed by atoms with Gasteiger partial charge in [0.2, 0.25) is 0 Å². The molecule has 0 saturated heterocycles. The number of nitro groups is 1. The fourth-order valence-corrected chi connectivity index (χ4v) is 4.14. The lowest BCUT2D eigenvalue weighted by atomic mass is 10.2. The number of nitrogens with zero attached hydrogens (tertiary/aromatic N) is 1.